The van der Waals surface area contributed by atoms with Gasteiger partial charge in [0, 0.05) is 32.0 Å². The highest BCUT2D eigenvalue weighted by molar-refractivity contribution is 5.39. The van der Waals surface area contributed by atoms with E-state index in [1.165, 1.54) is 5.56 Å². The van der Waals surface area contributed by atoms with E-state index in [1.54, 1.807) is 0 Å². The van der Waals surface area contributed by atoms with Crippen LogP contribution in [0.1, 0.15) is 22.6 Å². The van der Waals surface area contributed by atoms with Crippen molar-refractivity contribution < 1.29 is 0 Å². The van der Waals surface area contributed by atoms with Gasteiger partial charge in [-0.25, -0.2) is 4.98 Å². The SMILES string of the molecule is Cc1c(CN(C)Cc2cnc3ccccn23)cc(C#N)n1C. The molecule has 0 aliphatic heterocycles. The Labute approximate surface area is 130 Å². The van der Waals surface area contributed by atoms with E-state index >= 15 is 0 Å². The third-order valence-electron chi connectivity index (χ3n) is 4.12. The average Bonchev–Trinajstić information content (AvgIpc) is 3.04. The van der Waals surface area contributed by atoms with Crippen LogP contribution in [0.2, 0.25) is 0 Å². The molecule has 0 spiro atoms. The van der Waals surface area contributed by atoms with Crippen LogP contribution in [0.3, 0.4) is 0 Å². The number of nitriles is 1. The maximum absolute atomic E-state index is 9.12. The summed E-state index contributed by atoms with van der Waals surface area (Å²) in [7, 11) is 4.02. The number of hydrogen-bond acceptors (Lipinski definition) is 3. The molecule has 0 aliphatic rings. The third-order valence-corrected chi connectivity index (χ3v) is 4.12. The molecule has 0 aromatic carbocycles. The van der Waals surface area contributed by atoms with Gasteiger partial charge < -0.3 is 8.97 Å². The lowest BCUT2D eigenvalue weighted by molar-refractivity contribution is 0.313. The summed E-state index contributed by atoms with van der Waals surface area (Å²) in [5, 5.41) is 9.12. The zero-order chi connectivity index (χ0) is 15.7. The number of fused-ring (bicyclic) bond motifs is 1. The predicted octanol–water partition coefficient (Wildman–Crippen LogP) is 2.48. The van der Waals surface area contributed by atoms with Gasteiger partial charge in [-0.2, -0.15) is 5.26 Å². The lowest BCUT2D eigenvalue weighted by atomic mass is 10.2. The van der Waals surface area contributed by atoms with Gasteiger partial charge in [-0.3, -0.25) is 4.90 Å². The summed E-state index contributed by atoms with van der Waals surface area (Å²) in [6.45, 7) is 3.67. The van der Waals surface area contributed by atoms with Crippen LogP contribution in [-0.2, 0) is 20.1 Å². The van der Waals surface area contributed by atoms with Crippen molar-refractivity contribution in [2.24, 2.45) is 7.05 Å². The zero-order valence-electron chi connectivity index (χ0n) is 13.1. The molecule has 0 radical (unpaired) electrons. The number of pyridine rings is 1. The summed E-state index contributed by atoms with van der Waals surface area (Å²) in [6, 6.07) is 10.2. The van der Waals surface area contributed by atoms with Crippen molar-refractivity contribution in [3.63, 3.8) is 0 Å². The highest BCUT2D eigenvalue weighted by Crippen LogP contribution is 2.16. The maximum atomic E-state index is 9.12. The predicted molar refractivity (Wildman–Crippen MR) is 85.2 cm³/mol. The van der Waals surface area contributed by atoms with E-state index in [1.807, 2.05) is 48.3 Å². The number of nitrogens with zero attached hydrogens (tertiary/aromatic N) is 5. The van der Waals surface area contributed by atoms with Crippen molar-refractivity contribution in [1.82, 2.24) is 18.9 Å². The summed E-state index contributed by atoms with van der Waals surface area (Å²) in [6.07, 6.45) is 3.96. The lowest BCUT2D eigenvalue weighted by Gasteiger charge is -2.16. The van der Waals surface area contributed by atoms with Gasteiger partial charge >= 0.3 is 0 Å². The first-order chi connectivity index (χ1) is 10.6. The van der Waals surface area contributed by atoms with Gasteiger partial charge in [0.25, 0.3) is 0 Å². The van der Waals surface area contributed by atoms with Crippen LogP contribution < -0.4 is 0 Å². The second-order valence-corrected chi connectivity index (χ2v) is 5.66. The van der Waals surface area contributed by atoms with Crippen molar-refractivity contribution in [2.45, 2.75) is 20.0 Å². The van der Waals surface area contributed by atoms with E-state index in [0.29, 0.717) is 5.69 Å². The van der Waals surface area contributed by atoms with Crippen molar-refractivity contribution >= 4 is 5.65 Å². The summed E-state index contributed by atoms with van der Waals surface area (Å²) >= 11 is 0. The molecule has 3 heterocycles. The summed E-state index contributed by atoms with van der Waals surface area (Å²) in [4.78, 5) is 6.65. The van der Waals surface area contributed by atoms with Gasteiger partial charge in [0.15, 0.2) is 0 Å². The Morgan fingerprint density at radius 1 is 1.32 bits per heavy atom. The smallest absolute Gasteiger partial charge is 0.136 e. The molecule has 0 N–H and O–H groups in total. The molecule has 0 unspecified atom stereocenters. The van der Waals surface area contributed by atoms with Crippen LogP contribution in [-0.4, -0.2) is 25.9 Å². The topological polar surface area (TPSA) is 49.3 Å². The van der Waals surface area contributed by atoms with Gasteiger partial charge in [-0.1, -0.05) is 6.07 Å². The second-order valence-electron chi connectivity index (χ2n) is 5.66. The zero-order valence-corrected chi connectivity index (χ0v) is 13.1. The first-order valence-electron chi connectivity index (χ1n) is 7.25. The molecule has 0 amide bonds. The monoisotopic (exact) mass is 293 g/mol. The Bertz CT molecular complexity index is 850. The van der Waals surface area contributed by atoms with E-state index in [-0.39, 0.29) is 0 Å². The minimum atomic E-state index is 0.704. The Kier molecular flexibility index (Phi) is 3.70. The molecule has 0 fully saturated rings. The molecule has 0 saturated heterocycles. The number of imidazole rings is 1. The van der Waals surface area contributed by atoms with Crippen molar-refractivity contribution in [3.05, 3.63) is 59.3 Å². The molecule has 0 saturated carbocycles. The average molecular weight is 293 g/mol. The Hall–Kier alpha value is -2.58. The number of rotatable bonds is 4. The fourth-order valence-electron chi connectivity index (χ4n) is 2.75. The second kappa shape index (κ2) is 5.66. The van der Waals surface area contributed by atoms with Crippen LogP contribution in [0, 0.1) is 18.3 Å². The van der Waals surface area contributed by atoms with Crippen LogP contribution in [0.15, 0.2) is 36.7 Å². The van der Waals surface area contributed by atoms with E-state index in [0.717, 1.165) is 30.1 Å². The molecular formula is C17H19N5. The molecule has 3 rings (SSSR count). The fraction of sp³-hybridized carbons (Fsp3) is 0.294. The number of aromatic nitrogens is 3. The van der Waals surface area contributed by atoms with Crippen molar-refractivity contribution in [1.29, 1.82) is 5.26 Å². The van der Waals surface area contributed by atoms with E-state index in [2.05, 4.69) is 34.3 Å². The van der Waals surface area contributed by atoms with Gasteiger partial charge in [0.1, 0.15) is 17.4 Å². The maximum Gasteiger partial charge on any atom is 0.136 e. The van der Waals surface area contributed by atoms with Gasteiger partial charge in [0.2, 0.25) is 0 Å². The summed E-state index contributed by atoms with van der Waals surface area (Å²) in [5.41, 5.74) is 5.16. The Balaban J connectivity index is 1.78. The van der Waals surface area contributed by atoms with Gasteiger partial charge in [-0.05, 0) is 37.7 Å². The quantitative estimate of drug-likeness (QED) is 0.742. The Morgan fingerprint density at radius 3 is 2.86 bits per heavy atom. The minimum Gasteiger partial charge on any atom is -0.340 e. The van der Waals surface area contributed by atoms with Crippen LogP contribution in [0.5, 0.6) is 0 Å². The molecular weight excluding hydrogens is 274 g/mol. The highest BCUT2D eigenvalue weighted by Gasteiger charge is 2.12. The summed E-state index contributed by atoms with van der Waals surface area (Å²) in [5.74, 6) is 0. The number of hydrogen-bond donors (Lipinski definition) is 0. The summed E-state index contributed by atoms with van der Waals surface area (Å²) < 4.78 is 4.05. The van der Waals surface area contributed by atoms with Crippen molar-refractivity contribution in [2.75, 3.05) is 7.05 Å². The third kappa shape index (κ3) is 2.49. The molecule has 3 aromatic heterocycles. The molecule has 5 heteroatoms. The normalized spacial score (nSPS) is 11.2. The largest absolute Gasteiger partial charge is 0.340 e. The molecule has 5 nitrogen and oxygen atoms in total. The van der Waals surface area contributed by atoms with Gasteiger partial charge in [0.05, 0.1) is 11.9 Å². The first-order valence-corrected chi connectivity index (χ1v) is 7.25. The Morgan fingerprint density at radius 2 is 2.14 bits per heavy atom. The molecule has 0 atom stereocenters. The van der Waals surface area contributed by atoms with Crippen LogP contribution in [0.25, 0.3) is 5.65 Å². The van der Waals surface area contributed by atoms with Crippen LogP contribution >= 0.6 is 0 Å². The van der Waals surface area contributed by atoms with Crippen molar-refractivity contribution in [3.8, 4) is 6.07 Å². The first kappa shape index (κ1) is 14.4. The van der Waals surface area contributed by atoms with E-state index < -0.39 is 0 Å². The standard InChI is InChI=1S/C17H19N5/c1-13-14(8-15(9-18)21(13)3)11-20(2)12-16-10-19-17-6-4-5-7-22(16)17/h4-8,10H,11-12H2,1-3H3. The fourth-order valence-corrected chi connectivity index (χ4v) is 2.75. The van der Waals surface area contributed by atoms with Gasteiger partial charge in [-0.15, -0.1) is 0 Å². The molecule has 112 valence electrons. The van der Waals surface area contributed by atoms with Crippen LogP contribution in [0.4, 0.5) is 0 Å². The molecule has 0 bridgehead atoms. The molecule has 3 aromatic rings. The van der Waals surface area contributed by atoms with E-state index in [9.17, 15) is 0 Å². The molecule has 0 aliphatic carbocycles. The minimum absolute atomic E-state index is 0.704. The lowest BCUT2D eigenvalue weighted by Crippen LogP contribution is -2.18. The highest BCUT2D eigenvalue weighted by atomic mass is 15.1. The molecule has 22 heavy (non-hydrogen) atoms. The van der Waals surface area contributed by atoms with E-state index in [4.69, 9.17) is 5.26 Å².